The summed E-state index contributed by atoms with van der Waals surface area (Å²) in [6.45, 7) is 1.74. The average molecular weight is 515 g/mol. The number of nitrogens with zero attached hydrogens (tertiary/aromatic N) is 2. The Hall–Kier alpha value is -3.17. The second-order valence-electron chi connectivity index (χ2n) is 7.04. The lowest BCUT2D eigenvalue weighted by Crippen LogP contribution is -2.39. The van der Waals surface area contributed by atoms with Gasteiger partial charge >= 0.3 is 5.97 Å². The summed E-state index contributed by atoms with van der Waals surface area (Å²) in [5.41, 5.74) is 2.00. The van der Waals surface area contributed by atoms with Gasteiger partial charge in [-0.05, 0) is 52.2 Å². The largest absolute Gasteiger partial charge is 0.503 e. The van der Waals surface area contributed by atoms with Gasteiger partial charge in [0.25, 0.3) is 5.56 Å². The zero-order valence-corrected chi connectivity index (χ0v) is 19.9. The number of phenols is 1. The molecule has 164 valence electrons. The Bertz CT molecular complexity index is 1420. The van der Waals surface area contributed by atoms with Crippen molar-refractivity contribution < 1.29 is 19.4 Å². The van der Waals surface area contributed by atoms with E-state index in [1.54, 1.807) is 25.1 Å². The molecule has 4 rings (SSSR count). The van der Waals surface area contributed by atoms with Crippen molar-refractivity contribution in [3.8, 4) is 11.5 Å². The van der Waals surface area contributed by atoms with E-state index in [1.165, 1.54) is 30.1 Å². The molecule has 2 aromatic carbocycles. The van der Waals surface area contributed by atoms with E-state index in [1.807, 2.05) is 30.3 Å². The monoisotopic (exact) mass is 514 g/mol. The molecule has 7 nitrogen and oxygen atoms in total. The lowest BCUT2D eigenvalue weighted by Gasteiger charge is -2.24. The maximum Gasteiger partial charge on any atom is 0.338 e. The highest BCUT2D eigenvalue weighted by Crippen LogP contribution is 2.35. The van der Waals surface area contributed by atoms with E-state index in [4.69, 9.17) is 9.47 Å². The lowest BCUT2D eigenvalue weighted by atomic mass is 9.96. The predicted octanol–water partition coefficient (Wildman–Crippen LogP) is 2.88. The first-order valence-electron chi connectivity index (χ1n) is 9.58. The van der Waals surface area contributed by atoms with Gasteiger partial charge in [-0.15, -0.1) is 0 Å². The van der Waals surface area contributed by atoms with Crippen molar-refractivity contribution in [1.82, 2.24) is 4.57 Å². The van der Waals surface area contributed by atoms with Crippen LogP contribution in [0.5, 0.6) is 11.5 Å². The summed E-state index contributed by atoms with van der Waals surface area (Å²) in [7, 11) is 2.77. The molecule has 1 unspecified atom stereocenters. The summed E-state index contributed by atoms with van der Waals surface area (Å²) in [6, 6.07) is 12.0. The van der Waals surface area contributed by atoms with Crippen LogP contribution >= 0.6 is 27.3 Å². The number of ether oxygens (including phenoxy) is 2. The van der Waals surface area contributed by atoms with E-state index in [0.717, 1.165) is 5.56 Å². The second kappa shape index (κ2) is 8.76. The van der Waals surface area contributed by atoms with E-state index in [2.05, 4.69) is 20.9 Å². The Morgan fingerprint density at radius 2 is 1.97 bits per heavy atom. The van der Waals surface area contributed by atoms with Crippen molar-refractivity contribution in [2.24, 2.45) is 4.99 Å². The van der Waals surface area contributed by atoms with Crippen LogP contribution in [0.15, 0.2) is 68.0 Å². The van der Waals surface area contributed by atoms with Gasteiger partial charge in [-0.1, -0.05) is 41.7 Å². The van der Waals surface area contributed by atoms with Gasteiger partial charge < -0.3 is 14.6 Å². The molecule has 32 heavy (non-hydrogen) atoms. The number of phenolic OH excluding ortho intramolecular Hbond substituents is 1. The molecule has 0 aliphatic carbocycles. The van der Waals surface area contributed by atoms with Crippen molar-refractivity contribution in [3.05, 3.63) is 89.0 Å². The van der Waals surface area contributed by atoms with Crippen molar-refractivity contribution in [2.75, 3.05) is 14.2 Å². The number of hydrogen-bond acceptors (Lipinski definition) is 7. The molecule has 3 aromatic rings. The van der Waals surface area contributed by atoms with Gasteiger partial charge in [0.05, 0.1) is 40.5 Å². The zero-order valence-electron chi connectivity index (χ0n) is 17.5. The standard InChI is InChI=1S/C23H19BrN2O5S/c1-12-18(22(29)31-3)19(14-7-5-4-6-8-14)26-21(28)17(32-23(26)25-12)11-13-9-15(24)20(27)16(10-13)30-2/h4-11,19,27H,1-3H3. The molecule has 2 heterocycles. The minimum atomic E-state index is -0.650. The summed E-state index contributed by atoms with van der Waals surface area (Å²) < 4.78 is 12.6. The first kappa shape index (κ1) is 22.0. The fourth-order valence-corrected chi connectivity index (χ4v) is 5.13. The normalized spacial score (nSPS) is 15.9. The fraction of sp³-hybridized carbons (Fsp3) is 0.174. The van der Waals surface area contributed by atoms with Gasteiger partial charge in [0.1, 0.15) is 0 Å². The summed E-state index contributed by atoms with van der Waals surface area (Å²) in [5, 5.41) is 10.1. The third-order valence-corrected chi connectivity index (χ3v) is 6.70. The number of aromatic nitrogens is 1. The van der Waals surface area contributed by atoms with Gasteiger partial charge in [0.15, 0.2) is 16.3 Å². The molecule has 0 spiro atoms. The summed E-state index contributed by atoms with van der Waals surface area (Å²) >= 11 is 4.53. The number of benzene rings is 2. The molecule has 1 aliphatic heterocycles. The Labute approximate surface area is 195 Å². The van der Waals surface area contributed by atoms with Crippen molar-refractivity contribution in [2.45, 2.75) is 13.0 Å². The first-order valence-corrected chi connectivity index (χ1v) is 11.2. The Kier molecular flexibility index (Phi) is 6.03. The number of thiazole rings is 1. The van der Waals surface area contributed by atoms with E-state index in [9.17, 15) is 14.7 Å². The quantitative estimate of drug-likeness (QED) is 0.540. The topological polar surface area (TPSA) is 90.1 Å². The number of carbonyl (C=O) groups excluding carboxylic acids is 1. The van der Waals surface area contributed by atoms with Crippen LogP contribution in [-0.2, 0) is 9.53 Å². The van der Waals surface area contributed by atoms with Crippen LogP contribution < -0.4 is 19.6 Å². The second-order valence-corrected chi connectivity index (χ2v) is 8.90. The number of halogens is 1. The molecule has 0 fully saturated rings. The molecule has 0 saturated carbocycles. The third kappa shape index (κ3) is 3.78. The number of methoxy groups -OCH3 is 2. The number of aromatic hydroxyl groups is 1. The highest BCUT2D eigenvalue weighted by molar-refractivity contribution is 9.10. The van der Waals surface area contributed by atoms with Crippen LogP contribution in [0.3, 0.4) is 0 Å². The molecule has 1 aliphatic rings. The first-order chi connectivity index (χ1) is 15.3. The Morgan fingerprint density at radius 1 is 1.25 bits per heavy atom. The number of fused-ring (bicyclic) bond motifs is 1. The summed E-state index contributed by atoms with van der Waals surface area (Å²) in [6.07, 6.45) is 1.70. The molecule has 1 aromatic heterocycles. The number of esters is 1. The molecular formula is C23H19BrN2O5S. The molecule has 0 bridgehead atoms. The average Bonchev–Trinajstić information content (AvgIpc) is 3.09. The van der Waals surface area contributed by atoms with Crippen LogP contribution in [0.1, 0.15) is 24.1 Å². The van der Waals surface area contributed by atoms with Gasteiger partial charge in [0, 0.05) is 0 Å². The van der Waals surface area contributed by atoms with E-state index >= 15 is 0 Å². The fourth-order valence-electron chi connectivity index (χ4n) is 3.63. The van der Waals surface area contributed by atoms with Crippen LogP contribution in [0, 0.1) is 0 Å². The van der Waals surface area contributed by atoms with Gasteiger partial charge in [-0.25, -0.2) is 9.79 Å². The maximum atomic E-state index is 13.5. The van der Waals surface area contributed by atoms with Gasteiger partial charge in [0.2, 0.25) is 0 Å². The van der Waals surface area contributed by atoms with Crippen LogP contribution in [0.2, 0.25) is 0 Å². The Balaban J connectivity index is 1.97. The molecule has 9 heteroatoms. The highest BCUT2D eigenvalue weighted by atomic mass is 79.9. The van der Waals surface area contributed by atoms with Crippen LogP contribution in [0.25, 0.3) is 6.08 Å². The van der Waals surface area contributed by atoms with Crippen molar-refractivity contribution in [3.63, 3.8) is 0 Å². The van der Waals surface area contributed by atoms with Gasteiger partial charge in [-0.2, -0.15) is 0 Å². The smallest absolute Gasteiger partial charge is 0.338 e. The van der Waals surface area contributed by atoms with Gasteiger partial charge in [-0.3, -0.25) is 9.36 Å². The summed E-state index contributed by atoms with van der Waals surface area (Å²) in [5.74, 6) is -0.264. The molecule has 0 amide bonds. The van der Waals surface area contributed by atoms with E-state index < -0.39 is 12.0 Å². The van der Waals surface area contributed by atoms with E-state index in [-0.39, 0.29) is 17.1 Å². The highest BCUT2D eigenvalue weighted by Gasteiger charge is 2.32. The maximum absolute atomic E-state index is 13.5. The summed E-state index contributed by atoms with van der Waals surface area (Å²) in [4.78, 5) is 31.1. The minimum Gasteiger partial charge on any atom is -0.503 e. The zero-order chi connectivity index (χ0) is 23.0. The SMILES string of the molecule is COC(=O)C1=C(C)N=c2sc(=Cc3cc(Br)c(O)c(OC)c3)c(=O)n2C1c1ccccc1. The Morgan fingerprint density at radius 3 is 2.62 bits per heavy atom. The van der Waals surface area contributed by atoms with Crippen LogP contribution in [-0.4, -0.2) is 29.9 Å². The van der Waals surface area contributed by atoms with Crippen LogP contribution in [0.4, 0.5) is 0 Å². The number of allylic oxidation sites excluding steroid dienone is 1. The third-order valence-electron chi connectivity index (χ3n) is 5.11. The van der Waals surface area contributed by atoms with Crippen molar-refractivity contribution in [1.29, 1.82) is 0 Å². The predicted molar refractivity (Wildman–Crippen MR) is 125 cm³/mol. The lowest BCUT2D eigenvalue weighted by molar-refractivity contribution is -0.136. The molecular weight excluding hydrogens is 496 g/mol. The minimum absolute atomic E-state index is 0.0199. The molecule has 0 radical (unpaired) electrons. The molecule has 0 saturated heterocycles. The number of rotatable bonds is 4. The van der Waals surface area contributed by atoms with Crippen molar-refractivity contribution >= 4 is 39.3 Å². The van der Waals surface area contributed by atoms with E-state index in [0.29, 0.717) is 30.6 Å². The number of carbonyl (C=O) groups is 1. The molecule has 1 atom stereocenters. The molecule has 1 N–H and O–H groups in total. The number of hydrogen-bond donors (Lipinski definition) is 1.